The fraction of sp³-hybridized carbons (Fsp3) is 0.182. The first-order chi connectivity index (χ1) is 9.08. The Morgan fingerprint density at radius 3 is 2.63 bits per heavy atom. The summed E-state index contributed by atoms with van der Waals surface area (Å²) < 4.78 is 4.54. The molecule has 19 heavy (non-hydrogen) atoms. The molecule has 0 heterocycles. The highest BCUT2D eigenvalue weighted by atomic mass is 16.6. The minimum absolute atomic E-state index is 0.0492. The molecule has 0 fully saturated rings. The van der Waals surface area contributed by atoms with Crippen LogP contribution in [0.15, 0.2) is 35.0 Å². The van der Waals surface area contributed by atoms with E-state index in [0.717, 1.165) is 0 Å². The molecule has 0 aliphatic heterocycles. The van der Waals surface area contributed by atoms with Gasteiger partial charge in [-0.1, -0.05) is 5.11 Å². The van der Waals surface area contributed by atoms with Crippen molar-refractivity contribution in [2.24, 2.45) is 5.11 Å². The molecule has 0 aliphatic rings. The number of rotatable bonds is 5. The van der Waals surface area contributed by atoms with Crippen molar-refractivity contribution in [1.29, 1.82) is 0 Å². The van der Waals surface area contributed by atoms with E-state index in [-0.39, 0.29) is 17.8 Å². The van der Waals surface area contributed by atoms with E-state index in [9.17, 15) is 14.9 Å². The lowest BCUT2D eigenvalue weighted by atomic mass is 10.1. The van der Waals surface area contributed by atoms with E-state index in [1.54, 1.807) is 0 Å². The van der Waals surface area contributed by atoms with Gasteiger partial charge >= 0.3 is 5.97 Å². The van der Waals surface area contributed by atoms with Gasteiger partial charge in [-0.3, -0.25) is 10.1 Å². The second-order valence-electron chi connectivity index (χ2n) is 3.40. The number of non-ortho nitro benzene ring substituents is 1. The molecule has 0 N–H and O–H groups in total. The van der Waals surface area contributed by atoms with Crippen molar-refractivity contribution in [3.8, 4) is 0 Å². The van der Waals surface area contributed by atoms with Gasteiger partial charge in [-0.25, -0.2) is 4.79 Å². The molecular weight excluding hydrogens is 252 g/mol. The third-order valence-electron chi connectivity index (χ3n) is 2.20. The number of carbonyl (C=O) groups excluding carboxylic acids is 1. The monoisotopic (exact) mass is 262 g/mol. The summed E-state index contributed by atoms with van der Waals surface area (Å²) in [5, 5.41) is 13.8. The Labute approximate surface area is 108 Å². The van der Waals surface area contributed by atoms with E-state index in [2.05, 4.69) is 14.8 Å². The van der Waals surface area contributed by atoms with Gasteiger partial charge in [0.05, 0.1) is 18.6 Å². The molecule has 0 radical (unpaired) electrons. The number of hydrogen-bond acceptors (Lipinski definition) is 5. The minimum Gasteiger partial charge on any atom is -0.466 e. The van der Waals surface area contributed by atoms with Crippen LogP contribution >= 0.6 is 0 Å². The number of benzene rings is 1. The highest BCUT2D eigenvalue weighted by Crippen LogP contribution is 2.15. The largest absolute Gasteiger partial charge is 0.466 e. The molecule has 0 aromatic heterocycles. The topological polar surface area (TPSA) is 118 Å². The summed E-state index contributed by atoms with van der Waals surface area (Å²) in [6, 6.07) is 5.59. The van der Waals surface area contributed by atoms with Crippen LogP contribution in [-0.2, 0) is 9.53 Å². The number of azide groups is 1. The highest BCUT2D eigenvalue weighted by Gasteiger charge is 2.09. The van der Waals surface area contributed by atoms with Crippen LogP contribution in [0.5, 0.6) is 0 Å². The first-order valence-electron chi connectivity index (χ1n) is 5.12. The fourth-order valence-corrected chi connectivity index (χ4v) is 1.30. The molecule has 0 atom stereocenters. The van der Waals surface area contributed by atoms with E-state index < -0.39 is 10.9 Å². The quantitative estimate of drug-likeness (QED) is 0.154. The first-order valence-corrected chi connectivity index (χ1v) is 5.12. The van der Waals surface area contributed by atoms with Crippen LogP contribution < -0.4 is 0 Å². The molecule has 0 saturated carbocycles. The van der Waals surface area contributed by atoms with Crippen LogP contribution in [0.2, 0.25) is 0 Å². The van der Waals surface area contributed by atoms with E-state index >= 15 is 0 Å². The average Bonchev–Trinajstić information content (AvgIpc) is 2.43. The summed E-state index contributed by atoms with van der Waals surface area (Å²) in [5.74, 6) is -0.620. The molecule has 0 spiro atoms. The van der Waals surface area contributed by atoms with Gasteiger partial charge < -0.3 is 4.74 Å². The molecule has 0 saturated heterocycles. The Morgan fingerprint density at radius 1 is 1.53 bits per heavy atom. The summed E-state index contributed by atoms with van der Waals surface area (Å²) in [5.41, 5.74) is 8.92. The molecular formula is C11H10N4O4. The Balaban J connectivity index is 3.03. The predicted molar refractivity (Wildman–Crippen MR) is 67.1 cm³/mol. The Kier molecular flexibility index (Phi) is 5.06. The molecule has 8 heteroatoms. The second kappa shape index (κ2) is 6.77. The Bertz CT molecular complexity index is 559. The maximum absolute atomic E-state index is 11.4. The van der Waals surface area contributed by atoms with Gasteiger partial charge in [-0.2, -0.15) is 0 Å². The van der Waals surface area contributed by atoms with Gasteiger partial charge in [0.2, 0.25) is 0 Å². The van der Waals surface area contributed by atoms with E-state index in [1.165, 1.54) is 37.5 Å². The van der Waals surface area contributed by atoms with Gasteiger partial charge in [0, 0.05) is 22.6 Å². The summed E-state index contributed by atoms with van der Waals surface area (Å²) in [6.07, 6.45) is 1.45. The number of methoxy groups -OCH3 is 1. The summed E-state index contributed by atoms with van der Waals surface area (Å²) in [6.45, 7) is -0.153. The second-order valence-corrected chi connectivity index (χ2v) is 3.40. The Hall–Kier alpha value is -2.86. The molecule has 0 bridgehead atoms. The third-order valence-corrected chi connectivity index (χ3v) is 2.20. The fourth-order valence-electron chi connectivity index (χ4n) is 1.30. The maximum Gasteiger partial charge on any atom is 0.333 e. The number of hydrogen-bond donors (Lipinski definition) is 0. The van der Waals surface area contributed by atoms with Crippen LogP contribution in [0, 0.1) is 10.1 Å². The molecule has 0 unspecified atom stereocenters. The highest BCUT2D eigenvalue weighted by molar-refractivity contribution is 5.94. The van der Waals surface area contributed by atoms with Crippen LogP contribution in [0.4, 0.5) is 5.69 Å². The van der Waals surface area contributed by atoms with Crippen molar-refractivity contribution < 1.29 is 14.5 Å². The molecule has 8 nitrogen and oxygen atoms in total. The van der Waals surface area contributed by atoms with Gasteiger partial charge in [-0.15, -0.1) is 0 Å². The molecule has 1 rings (SSSR count). The number of esters is 1. The van der Waals surface area contributed by atoms with Crippen molar-refractivity contribution in [3.63, 3.8) is 0 Å². The lowest BCUT2D eigenvalue weighted by Crippen LogP contribution is -2.07. The van der Waals surface area contributed by atoms with Crippen LogP contribution in [0.25, 0.3) is 16.5 Å². The van der Waals surface area contributed by atoms with Crippen molar-refractivity contribution in [3.05, 3.63) is 56.0 Å². The van der Waals surface area contributed by atoms with E-state index in [4.69, 9.17) is 5.53 Å². The third kappa shape index (κ3) is 4.14. The zero-order valence-electron chi connectivity index (χ0n) is 10.0. The van der Waals surface area contributed by atoms with Gasteiger partial charge in [0.25, 0.3) is 5.69 Å². The van der Waals surface area contributed by atoms with E-state index in [0.29, 0.717) is 5.56 Å². The number of nitrogens with zero attached hydrogens (tertiary/aromatic N) is 4. The predicted octanol–water partition coefficient (Wildman–Crippen LogP) is 2.46. The van der Waals surface area contributed by atoms with Crippen LogP contribution in [0.1, 0.15) is 5.56 Å². The van der Waals surface area contributed by atoms with Gasteiger partial charge in [-0.05, 0) is 29.3 Å². The maximum atomic E-state index is 11.4. The van der Waals surface area contributed by atoms with Crippen LogP contribution in [-0.4, -0.2) is 24.5 Å². The van der Waals surface area contributed by atoms with Gasteiger partial charge in [0.15, 0.2) is 0 Å². The number of ether oxygens (including phenoxy) is 1. The lowest BCUT2D eigenvalue weighted by Gasteiger charge is -2.02. The molecule has 1 aromatic rings. The summed E-state index contributed by atoms with van der Waals surface area (Å²) in [4.78, 5) is 23.9. The summed E-state index contributed by atoms with van der Waals surface area (Å²) in [7, 11) is 1.21. The average molecular weight is 262 g/mol. The van der Waals surface area contributed by atoms with Crippen molar-refractivity contribution in [1.82, 2.24) is 0 Å². The van der Waals surface area contributed by atoms with Crippen LogP contribution in [0.3, 0.4) is 0 Å². The zero-order chi connectivity index (χ0) is 14.3. The van der Waals surface area contributed by atoms with Crippen molar-refractivity contribution in [2.45, 2.75) is 0 Å². The lowest BCUT2D eigenvalue weighted by molar-refractivity contribution is -0.384. The first kappa shape index (κ1) is 14.2. The summed E-state index contributed by atoms with van der Waals surface area (Å²) >= 11 is 0. The number of carbonyl (C=O) groups is 1. The van der Waals surface area contributed by atoms with Crippen molar-refractivity contribution >= 4 is 17.7 Å². The van der Waals surface area contributed by atoms with Gasteiger partial charge in [0.1, 0.15) is 0 Å². The molecule has 1 aromatic carbocycles. The number of nitro groups is 1. The van der Waals surface area contributed by atoms with Crippen molar-refractivity contribution in [2.75, 3.05) is 13.7 Å². The normalized spacial score (nSPS) is 10.5. The number of nitro benzene ring substituents is 1. The smallest absolute Gasteiger partial charge is 0.333 e. The zero-order valence-corrected chi connectivity index (χ0v) is 10.0. The Morgan fingerprint density at radius 2 is 2.16 bits per heavy atom. The van der Waals surface area contributed by atoms with E-state index in [1.807, 2.05) is 0 Å². The molecule has 98 valence electrons. The standard InChI is InChI=1S/C11H10N4O4/c1-19-11(16)9(7-13-14-12)6-8-2-4-10(5-3-8)15(17)18/h2-6H,7H2,1H3. The molecule has 0 amide bonds. The molecule has 0 aliphatic carbocycles. The minimum atomic E-state index is -0.620. The SMILES string of the molecule is COC(=O)C(=Cc1ccc([N+](=O)[O-])cc1)CN=[N+]=[N-].